The van der Waals surface area contributed by atoms with Crippen LogP contribution in [0.25, 0.3) is 11.0 Å². The summed E-state index contributed by atoms with van der Waals surface area (Å²) >= 11 is 0. The molecular formula is C16H24N4. The summed E-state index contributed by atoms with van der Waals surface area (Å²) in [6.07, 6.45) is 2.50. The molecule has 1 N–H and O–H groups in total. The lowest BCUT2D eigenvalue weighted by atomic mass is 10.1. The van der Waals surface area contributed by atoms with Crippen molar-refractivity contribution in [3.63, 3.8) is 0 Å². The van der Waals surface area contributed by atoms with Crippen LogP contribution in [0.1, 0.15) is 19.8 Å². The second-order valence-electron chi connectivity index (χ2n) is 5.94. The zero-order valence-electron chi connectivity index (χ0n) is 12.5. The van der Waals surface area contributed by atoms with Crippen LogP contribution in [0.3, 0.4) is 0 Å². The Morgan fingerprint density at radius 2 is 2.25 bits per heavy atom. The van der Waals surface area contributed by atoms with Gasteiger partial charge in [0.15, 0.2) is 0 Å². The summed E-state index contributed by atoms with van der Waals surface area (Å²) < 4.78 is 0. The van der Waals surface area contributed by atoms with Gasteiger partial charge >= 0.3 is 0 Å². The standard InChI is InChI=1S/C16H24N4/c1-3-9-19(2)11-13-8-10-20(12-13)16-17-14-6-4-5-7-15(14)18-16/h4-7,13H,3,8-12H2,1-2H3,(H,17,18). The van der Waals surface area contributed by atoms with Crippen molar-refractivity contribution in [1.29, 1.82) is 0 Å². The van der Waals surface area contributed by atoms with Crippen LogP contribution >= 0.6 is 0 Å². The Balaban J connectivity index is 1.64. The normalized spacial score (nSPS) is 19.4. The number of fused-ring (bicyclic) bond motifs is 1. The van der Waals surface area contributed by atoms with Crippen molar-refractivity contribution in [3.8, 4) is 0 Å². The smallest absolute Gasteiger partial charge is 0.203 e. The van der Waals surface area contributed by atoms with Crippen LogP contribution in [0.15, 0.2) is 24.3 Å². The van der Waals surface area contributed by atoms with Crippen molar-refractivity contribution in [1.82, 2.24) is 14.9 Å². The van der Waals surface area contributed by atoms with Crippen molar-refractivity contribution in [2.75, 3.05) is 38.1 Å². The maximum absolute atomic E-state index is 4.70. The molecule has 0 bridgehead atoms. The molecule has 1 fully saturated rings. The van der Waals surface area contributed by atoms with Gasteiger partial charge < -0.3 is 14.8 Å². The second-order valence-corrected chi connectivity index (χ2v) is 5.94. The minimum absolute atomic E-state index is 0.764. The van der Waals surface area contributed by atoms with Gasteiger partial charge in [0.1, 0.15) is 0 Å². The Labute approximate surface area is 120 Å². The van der Waals surface area contributed by atoms with Crippen LogP contribution in [0.2, 0.25) is 0 Å². The number of para-hydroxylation sites is 2. The minimum Gasteiger partial charge on any atom is -0.342 e. The van der Waals surface area contributed by atoms with Gasteiger partial charge in [-0.1, -0.05) is 19.1 Å². The van der Waals surface area contributed by atoms with Gasteiger partial charge in [0, 0.05) is 19.6 Å². The minimum atomic E-state index is 0.764. The molecule has 108 valence electrons. The summed E-state index contributed by atoms with van der Waals surface area (Å²) in [4.78, 5) is 13.0. The van der Waals surface area contributed by atoms with E-state index in [1.165, 1.54) is 25.9 Å². The Hall–Kier alpha value is -1.55. The Morgan fingerprint density at radius 3 is 3.05 bits per heavy atom. The van der Waals surface area contributed by atoms with Crippen molar-refractivity contribution in [2.24, 2.45) is 5.92 Å². The highest BCUT2D eigenvalue weighted by Gasteiger charge is 2.25. The molecule has 4 nitrogen and oxygen atoms in total. The van der Waals surface area contributed by atoms with E-state index in [-0.39, 0.29) is 0 Å². The number of hydrogen-bond donors (Lipinski definition) is 1. The van der Waals surface area contributed by atoms with Crippen molar-refractivity contribution >= 4 is 17.0 Å². The highest BCUT2D eigenvalue weighted by Crippen LogP contribution is 2.24. The molecular weight excluding hydrogens is 248 g/mol. The van der Waals surface area contributed by atoms with Gasteiger partial charge in [0.2, 0.25) is 5.95 Å². The number of aromatic amines is 1. The van der Waals surface area contributed by atoms with E-state index >= 15 is 0 Å². The number of imidazole rings is 1. The number of rotatable bonds is 5. The van der Waals surface area contributed by atoms with Crippen LogP contribution in [0.4, 0.5) is 5.95 Å². The SMILES string of the molecule is CCCN(C)CC1CCN(c2nc3ccccc3[nH]2)C1. The molecule has 2 heterocycles. The first-order valence-corrected chi connectivity index (χ1v) is 7.64. The molecule has 0 saturated carbocycles. The lowest BCUT2D eigenvalue weighted by Gasteiger charge is -2.20. The van der Waals surface area contributed by atoms with Crippen LogP contribution < -0.4 is 4.90 Å². The molecule has 1 atom stereocenters. The third kappa shape index (κ3) is 2.80. The van der Waals surface area contributed by atoms with E-state index in [1.54, 1.807) is 0 Å². The number of hydrogen-bond acceptors (Lipinski definition) is 3. The molecule has 20 heavy (non-hydrogen) atoms. The Kier molecular flexibility index (Phi) is 3.92. The lowest BCUT2D eigenvalue weighted by molar-refractivity contribution is 0.287. The molecule has 0 aliphatic carbocycles. The monoisotopic (exact) mass is 272 g/mol. The number of benzene rings is 1. The van der Waals surface area contributed by atoms with E-state index in [0.717, 1.165) is 36.0 Å². The number of aromatic nitrogens is 2. The first kappa shape index (κ1) is 13.4. The summed E-state index contributed by atoms with van der Waals surface area (Å²) in [6.45, 7) is 6.87. The van der Waals surface area contributed by atoms with Crippen molar-refractivity contribution in [3.05, 3.63) is 24.3 Å². The van der Waals surface area contributed by atoms with E-state index in [1.807, 2.05) is 6.07 Å². The van der Waals surface area contributed by atoms with Crippen LogP contribution in [-0.4, -0.2) is 48.1 Å². The maximum atomic E-state index is 4.70. The molecule has 1 aliphatic heterocycles. The van der Waals surface area contributed by atoms with Gasteiger partial charge in [-0.3, -0.25) is 0 Å². The van der Waals surface area contributed by atoms with Gasteiger partial charge in [-0.05, 0) is 44.5 Å². The molecule has 0 radical (unpaired) electrons. The quantitative estimate of drug-likeness (QED) is 0.909. The van der Waals surface area contributed by atoms with Crippen molar-refractivity contribution < 1.29 is 0 Å². The lowest BCUT2D eigenvalue weighted by Crippen LogP contribution is -2.29. The average molecular weight is 272 g/mol. The van der Waals surface area contributed by atoms with Gasteiger partial charge in [-0.15, -0.1) is 0 Å². The maximum Gasteiger partial charge on any atom is 0.203 e. The average Bonchev–Trinajstić information content (AvgIpc) is 3.04. The fraction of sp³-hybridized carbons (Fsp3) is 0.562. The summed E-state index contributed by atoms with van der Waals surface area (Å²) in [5.41, 5.74) is 2.20. The number of nitrogens with one attached hydrogen (secondary N) is 1. The second kappa shape index (κ2) is 5.83. The fourth-order valence-corrected chi connectivity index (χ4v) is 3.18. The summed E-state index contributed by atoms with van der Waals surface area (Å²) in [7, 11) is 2.23. The Bertz CT molecular complexity index is 529. The summed E-state index contributed by atoms with van der Waals surface area (Å²) in [5.74, 6) is 1.80. The zero-order chi connectivity index (χ0) is 13.9. The third-order valence-corrected chi connectivity index (χ3v) is 4.14. The van der Waals surface area contributed by atoms with E-state index < -0.39 is 0 Å². The molecule has 2 aromatic rings. The van der Waals surface area contributed by atoms with Gasteiger partial charge in [0.05, 0.1) is 11.0 Å². The summed E-state index contributed by atoms with van der Waals surface area (Å²) in [6, 6.07) is 8.25. The van der Waals surface area contributed by atoms with E-state index in [9.17, 15) is 0 Å². The molecule has 0 spiro atoms. The van der Waals surface area contributed by atoms with Crippen LogP contribution in [0.5, 0.6) is 0 Å². The third-order valence-electron chi connectivity index (χ3n) is 4.14. The number of nitrogens with zero attached hydrogens (tertiary/aromatic N) is 3. The topological polar surface area (TPSA) is 35.2 Å². The van der Waals surface area contributed by atoms with Crippen LogP contribution in [0, 0.1) is 5.92 Å². The molecule has 1 aromatic carbocycles. The van der Waals surface area contributed by atoms with E-state index in [4.69, 9.17) is 4.98 Å². The predicted molar refractivity (Wildman–Crippen MR) is 84.2 cm³/mol. The molecule has 1 aliphatic rings. The van der Waals surface area contributed by atoms with Gasteiger partial charge in [0.25, 0.3) is 0 Å². The van der Waals surface area contributed by atoms with Gasteiger partial charge in [-0.25, -0.2) is 4.98 Å². The van der Waals surface area contributed by atoms with Crippen LogP contribution in [-0.2, 0) is 0 Å². The van der Waals surface area contributed by atoms with E-state index in [2.05, 4.69) is 47.0 Å². The molecule has 4 heteroatoms. The fourth-order valence-electron chi connectivity index (χ4n) is 3.18. The number of H-pyrrole nitrogens is 1. The molecule has 1 saturated heterocycles. The largest absolute Gasteiger partial charge is 0.342 e. The first-order chi connectivity index (χ1) is 9.76. The Morgan fingerprint density at radius 1 is 1.40 bits per heavy atom. The van der Waals surface area contributed by atoms with Crippen molar-refractivity contribution in [2.45, 2.75) is 19.8 Å². The number of anilines is 1. The van der Waals surface area contributed by atoms with Gasteiger partial charge in [-0.2, -0.15) is 0 Å². The summed E-state index contributed by atoms with van der Waals surface area (Å²) in [5, 5.41) is 0. The highest BCUT2D eigenvalue weighted by molar-refractivity contribution is 5.77. The zero-order valence-corrected chi connectivity index (χ0v) is 12.5. The van der Waals surface area contributed by atoms with E-state index in [0.29, 0.717) is 0 Å². The first-order valence-electron chi connectivity index (χ1n) is 7.64. The predicted octanol–water partition coefficient (Wildman–Crippen LogP) is 2.73. The molecule has 0 amide bonds. The molecule has 1 aromatic heterocycles. The molecule has 1 unspecified atom stereocenters. The molecule has 3 rings (SSSR count). The highest BCUT2D eigenvalue weighted by atomic mass is 15.3.